The maximum Gasteiger partial charge on any atom is 0.247 e. The highest BCUT2D eigenvalue weighted by atomic mass is 16.7. The first-order valence-electron chi connectivity index (χ1n) is 8.81. The zero-order valence-corrected chi connectivity index (χ0v) is 13.8. The van der Waals surface area contributed by atoms with Gasteiger partial charge in [-0.05, 0) is 31.0 Å². The van der Waals surface area contributed by atoms with E-state index in [4.69, 9.17) is 13.9 Å². The molecular weight excluding hydrogens is 322 g/mol. The summed E-state index contributed by atoms with van der Waals surface area (Å²) in [4.78, 5) is 14.4. The lowest BCUT2D eigenvalue weighted by Gasteiger charge is -2.23. The Balaban J connectivity index is 1.35. The van der Waals surface area contributed by atoms with E-state index in [1.165, 1.54) is 12.8 Å². The van der Waals surface area contributed by atoms with Crippen LogP contribution in [-0.2, 0) is 4.79 Å². The Kier molecular flexibility index (Phi) is 3.39. The molecular formula is C18H19N3O4. The quantitative estimate of drug-likeness (QED) is 0.854. The van der Waals surface area contributed by atoms with Crippen LogP contribution in [0, 0.1) is 0 Å². The predicted octanol–water partition coefficient (Wildman–Crippen LogP) is 2.72. The molecule has 0 bridgehead atoms. The van der Waals surface area contributed by atoms with Crippen molar-refractivity contribution in [1.29, 1.82) is 0 Å². The molecule has 2 fully saturated rings. The third kappa shape index (κ3) is 2.54. The number of aromatic nitrogens is 2. The van der Waals surface area contributed by atoms with Gasteiger partial charge in [0.2, 0.25) is 24.5 Å². The summed E-state index contributed by atoms with van der Waals surface area (Å²) >= 11 is 0. The fourth-order valence-corrected chi connectivity index (χ4v) is 4.01. The SMILES string of the molecule is O=C1CC(c2nnc(-c3ccc4c(c3)OCO4)o2)CN1C1CCCC1. The van der Waals surface area contributed by atoms with E-state index < -0.39 is 0 Å². The van der Waals surface area contributed by atoms with Crippen molar-refractivity contribution in [1.82, 2.24) is 15.1 Å². The van der Waals surface area contributed by atoms with E-state index in [2.05, 4.69) is 10.2 Å². The molecule has 7 nitrogen and oxygen atoms in total. The Morgan fingerprint density at radius 2 is 1.92 bits per heavy atom. The molecule has 3 aliphatic rings. The monoisotopic (exact) mass is 341 g/mol. The zero-order valence-electron chi connectivity index (χ0n) is 13.8. The maximum atomic E-state index is 12.4. The minimum Gasteiger partial charge on any atom is -0.454 e. The smallest absolute Gasteiger partial charge is 0.247 e. The van der Waals surface area contributed by atoms with Crippen LogP contribution in [0.4, 0.5) is 0 Å². The lowest BCUT2D eigenvalue weighted by Crippen LogP contribution is -2.34. The number of nitrogens with zero attached hydrogens (tertiary/aromatic N) is 3. The van der Waals surface area contributed by atoms with E-state index in [0.29, 0.717) is 36.5 Å². The summed E-state index contributed by atoms with van der Waals surface area (Å²) in [6.45, 7) is 0.918. The van der Waals surface area contributed by atoms with Crippen molar-refractivity contribution in [2.75, 3.05) is 13.3 Å². The van der Waals surface area contributed by atoms with Gasteiger partial charge in [-0.25, -0.2) is 0 Å². The predicted molar refractivity (Wildman–Crippen MR) is 87.2 cm³/mol. The molecule has 1 saturated carbocycles. The van der Waals surface area contributed by atoms with Crippen LogP contribution in [0.25, 0.3) is 11.5 Å². The third-order valence-electron chi connectivity index (χ3n) is 5.33. The fourth-order valence-electron chi connectivity index (χ4n) is 4.01. The molecule has 1 aromatic carbocycles. The Bertz CT molecular complexity index is 812. The van der Waals surface area contributed by atoms with Gasteiger partial charge in [0, 0.05) is 24.6 Å². The van der Waals surface area contributed by atoms with Gasteiger partial charge in [-0.15, -0.1) is 10.2 Å². The molecule has 1 aromatic heterocycles. The van der Waals surface area contributed by atoms with E-state index in [0.717, 1.165) is 24.2 Å². The summed E-state index contributed by atoms with van der Waals surface area (Å²) in [6.07, 6.45) is 5.12. The molecule has 1 unspecified atom stereocenters. The van der Waals surface area contributed by atoms with Crippen LogP contribution < -0.4 is 9.47 Å². The third-order valence-corrected chi connectivity index (χ3v) is 5.33. The summed E-state index contributed by atoms with van der Waals surface area (Å²) in [5, 5.41) is 8.36. The highest BCUT2D eigenvalue weighted by Gasteiger charge is 2.38. The number of ether oxygens (including phenoxy) is 2. The van der Waals surface area contributed by atoms with Crippen LogP contribution in [0.15, 0.2) is 22.6 Å². The van der Waals surface area contributed by atoms with E-state index in [1.54, 1.807) is 0 Å². The fraction of sp³-hybridized carbons (Fsp3) is 0.500. The first-order valence-corrected chi connectivity index (χ1v) is 8.81. The highest BCUT2D eigenvalue weighted by Crippen LogP contribution is 2.37. The second kappa shape index (κ2) is 5.75. The largest absolute Gasteiger partial charge is 0.454 e. The van der Waals surface area contributed by atoms with Crippen molar-refractivity contribution in [3.8, 4) is 23.0 Å². The van der Waals surface area contributed by atoms with E-state index >= 15 is 0 Å². The van der Waals surface area contributed by atoms with Crippen LogP contribution in [-0.4, -0.2) is 40.4 Å². The molecule has 130 valence electrons. The number of rotatable bonds is 3. The molecule has 5 rings (SSSR count). The van der Waals surface area contributed by atoms with Crippen LogP contribution in [0.2, 0.25) is 0 Å². The van der Waals surface area contributed by atoms with Gasteiger partial charge in [0.05, 0.1) is 5.92 Å². The topological polar surface area (TPSA) is 77.7 Å². The second-order valence-electron chi connectivity index (χ2n) is 6.90. The first-order chi connectivity index (χ1) is 12.3. The molecule has 3 heterocycles. The lowest BCUT2D eigenvalue weighted by atomic mass is 10.1. The number of hydrogen-bond donors (Lipinski definition) is 0. The number of likely N-dealkylation sites (tertiary alicyclic amines) is 1. The van der Waals surface area contributed by atoms with E-state index in [-0.39, 0.29) is 18.6 Å². The zero-order chi connectivity index (χ0) is 16.8. The second-order valence-corrected chi connectivity index (χ2v) is 6.90. The number of fused-ring (bicyclic) bond motifs is 1. The van der Waals surface area contributed by atoms with Gasteiger partial charge in [0.15, 0.2) is 11.5 Å². The summed E-state index contributed by atoms with van der Waals surface area (Å²) < 4.78 is 16.6. The average molecular weight is 341 g/mol. The van der Waals surface area contributed by atoms with Crippen molar-refractivity contribution in [3.05, 3.63) is 24.1 Å². The summed E-state index contributed by atoms with van der Waals surface area (Å²) in [5.74, 6) is 2.59. The summed E-state index contributed by atoms with van der Waals surface area (Å²) in [7, 11) is 0. The van der Waals surface area contributed by atoms with Crippen molar-refractivity contribution >= 4 is 5.91 Å². The van der Waals surface area contributed by atoms with E-state index in [1.807, 2.05) is 23.1 Å². The van der Waals surface area contributed by atoms with Crippen molar-refractivity contribution in [2.24, 2.45) is 0 Å². The van der Waals surface area contributed by atoms with Crippen molar-refractivity contribution in [2.45, 2.75) is 44.1 Å². The van der Waals surface area contributed by atoms with Crippen LogP contribution in [0.5, 0.6) is 11.5 Å². The van der Waals surface area contributed by atoms with Crippen LogP contribution in [0.1, 0.15) is 43.9 Å². The van der Waals surface area contributed by atoms with Gasteiger partial charge in [0.25, 0.3) is 0 Å². The van der Waals surface area contributed by atoms with Crippen LogP contribution >= 0.6 is 0 Å². The standard InChI is InChI=1S/C18H19N3O4/c22-16-8-12(9-21(16)13-3-1-2-4-13)18-20-19-17(25-18)11-5-6-14-15(7-11)24-10-23-14/h5-7,12-13H,1-4,8-10H2. The summed E-state index contributed by atoms with van der Waals surface area (Å²) in [5.41, 5.74) is 0.792. The highest BCUT2D eigenvalue weighted by molar-refractivity contribution is 5.80. The molecule has 1 saturated heterocycles. The van der Waals surface area contributed by atoms with E-state index in [9.17, 15) is 4.79 Å². The van der Waals surface area contributed by atoms with Gasteiger partial charge in [-0.1, -0.05) is 12.8 Å². The minimum atomic E-state index is -0.0108. The minimum absolute atomic E-state index is 0.0108. The molecule has 1 amide bonds. The Morgan fingerprint density at radius 3 is 2.80 bits per heavy atom. The molecule has 7 heteroatoms. The Labute approximate surface area is 144 Å². The number of hydrogen-bond acceptors (Lipinski definition) is 6. The molecule has 2 aliphatic heterocycles. The molecule has 0 radical (unpaired) electrons. The number of amides is 1. The van der Waals surface area contributed by atoms with Crippen molar-refractivity contribution < 1.29 is 18.7 Å². The first kappa shape index (κ1) is 14.7. The van der Waals surface area contributed by atoms with Crippen LogP contribution in [0.3, 0.4) is 0 Å². The van der Waals surface area contributed by atoms with Gasteiger partial charge < -0.3 is 18.8 Å². The Hall–Kier alpha value is -2.57. The molecule has 2 aromatic rings. The van der Waals surface area contributed by atoms with Gasteiger partial charge in [-0.3, -0.25) is 4.79 Å². The van der Waals surface area contributed by atoms with Crippen molar-refractivity contribution in [3.63, 3.8) is 0 Å². The number of benzene rings is 1. The van der Waals surface area contributed by atoms with Gasteiger partial charge in [0.1, 0.15) is 0 Å². The maximum absolute atomic E-state index is 12.4. The molecule has 1 aliphatic carbocycles. The Morgan fingerprint density at radius 1 is 1.08 bits per heavy atom. The molecule has 0 N–H and O–H groups in total. The summed E-state index contributed by atoms with van der Waals surface area (Å²) in [6, 6.07) is 5.94. The van der Waals surface area contributed by atoms with Gasteiger partial charge >= 0.3 is 0 Å². The average Bonchev–Trinajstić information content (AvgIpc) is 3.39. The number of carbonyl (C=O) groups excluding carboxylic acids is 1. The molecule has 25 heavy (non-hydrogen) atoms. The van der Waals surface area contributed by atoms with Gasteiger partial charge in [-0.2, -0.15) is 0 Å². The lowest BCUT2D eigenvalue weighted by molar-refractivity contribution is -0.129. The number of carbonyl (C=O) groups is 1. The normalized spacial score (nSPS) is 23.0. The molecule has 0 spiro atoms. The molecule has 1 atom stereocenters.